The lowest BCUT2D eigenvalue weighted by Crippen LogP contribution is -2.57. The van der Waals surface area contributed by atoms with Gasteiger partial charge in [0, 0.05) is 22.9 Å². The predicted octanol–water partition coefficient (Wildman–Crippen LogP) is 3.40. The van der Waals surface area contributed by atoms with Gasteiger partial charge in [-0.3, -0.25) is 19.2 Å². The van der Waals surface area contributed by atoms with Crippen LogP contribution in [-0.4, -0.2) is 75.1 Å². The fourth-order valence-corrected chi connectivity index (χ4v) is 6.49. The van der Waals surface area contributed by atoms with Crippen LogP contribution in [0.25, 0.3) is 0 Å². The third-order valence-corrected chi connectivity index (χ3v) is 9.08. The third-order valence-electron chi connectivity index (χ3n) is 7.83. The van der Waals surface area contributed by atoms with Gasteiger partial charge in [-0.05, 0) is 54.1 Å². The van der Waals surface area contributed by atoms with E-state index in [4.69, 9.17) is 4.74 Å². The second kappa shape index (κ2) is 16.1. The number of benzene rings is 4. The molecule has 0 bridgehead atoms. The lowest BCUT2D eigenvalue weighted by Gasteiger charge is -2.47. The number of carboxylic acid groups (broad SMARTS) is 1. The van der Waals surface area contributed by atoms with Crippen LogP contribution >= 0.6 is 11.8 Å². The van der Waals surface area contributed by atoms with Gasteiger partial charge in [-0.15, -0.1) is 11.8 Å². The number of rotatable bonds is 15. The number of anilines is 1. The number of phenolic OH excluding ortho intramolecular Hbond substituents is 1. The Bertz CT molecular complexity index is 1860. The molecule has 4 aromatic carbocycles. The van der Waals surface area contributed by atoms with Crippen molar-refractivity contribution in [2.24, 2.45) is 0 Å². The molecule has 3 amide bonds. The van der Waals surface area contributed by atoms with E-state index in [1.165, 1.54) is 41.3 Å². The number of carboxylic acids is 1. The molecular formula is C36H32FN3O9S. The zero-order valence-corrected chi connectivity index (χ0v) is 27.1. The summed E-state index contributed by atoms with van der Waals surface area (Å²) in [6.07, 6.45) is 0. The number of aliphatic hydroxyl groups is 1. The molecule has 0 unspecified atom stereocenters. The van der Waals surface area contributed by atoms with Gasteiger partial charge < -0.3 is 35.6 Å². The van der Waals surface area contributed by atoms with Gasteiger partial charge in [-0.25, -0.2) is 9.18 Å². The molecule has 0 saturated carbocycles. The topological polar surface area (TPSA) is 183 Å². The highest BCUT2D eigenvalue weighted by Crippen LogP contribution is 2.48. The molecule has 258 valence electrons. The molecule has 1 heterocycles. The first kappa shape index (κ1) is 35.6. The monoisotopic (exact) mass is 701 g/mol. The molecule has 0 radical (unpaired) electrons. The van der Waals surface area contributed by atoms with Gasteiger partial charge in [-0.1, -0.05) is 48.5 Å². The van der Waals surface area contributed by atoms with Crippen molar-refractivity contribution in [3.05, 3.63) is 126 Å². The summed E-state index contributed by atoms with van der Waals surface area (Å²) in [5, 5.41) is 33.6. The molecule has 4 atom stereocenters. The van der Waals surface area contributed by atoms with E-state index < -0.39 is 60.2 Å². The number of aliphatic hydroxyl groups excluding tert-OH is 1. The molecule has 0 aliphatic carbocycles. The summed E-state index contributed by atoms with van der Waals surface area (Å²) in [4.78, 5) is 64.8. The van der Waals surface area contributed by atoms with Crippen LogP contribution in [-0.2, 0) is 19.2 Å². The van der Waals surface area contributed by atoms with Crippen LogP contribution in [0.1, 0.15) is 33.6 Å². The van der Waals surface area contributed by atoms with E-state index in [1.807, 2.05) is 0 Å². The van der Waals surface area contributed by atoms with Gasteiger partial charge >= 0.3 is 5.97 Å². The van der Waals surface area contributed by atoms with Gasteiger partial charge in [0.15, 0.2) is 12.4 Å². The Morgan fingerprint density at radius 1 is 0.900 bits per heavy atom. The second-order valence-corrected chi connectivity index (χ2v) is 12.3. The quantitative estimate of drug-likeness (QED) is 0.0910. The van der Waals surface area contributed by atoms with Gasteiger partial charge in [0.25, 0.3) is 5.91 Å². The Kier molecular flexibility index (Phi) is 11.5. The van der Waals surface area contributed by atoms with Crippen molar-refractivity contribution in [1.82, 2.24) is 10.6 Å². The predicted molar refractivity (Wildman–Crippen MR) is 181 cm³/mol. The van der Waals surface area contributed by atoms with Crippen LogP contribution < -0.4 is 20.3 Å². The number of nitrogens with one attached hydrogen (secondary N) is 2. The standard InChI is InChI=1S/C36H32FN3O9S/c37-23-13-11-21(12-14-23)29(43)20-50-33-32(40(35(33)46)24-9-5-2-6-10-24)26-16-15-25(17-28(26)42)49-19-30(44)39-31(22-7-3-1-4-8-22)34(45)38-27(18-41)36(47)48/h1-17,27,31-33,41-42H,18-20H2,(H,38,45)(H,39,44)(H,47,48)/t27-,31-,32-,33-/m1/s1. The zero-order valence-electron chi connectivity index (χ0n) is 26.3. The van der Waals surface area contributed by atoms with E-state index in [0.717, 1.165) is 11.8 Å². The number of thioether (sulfide) groups is 1. The first-order valence-electron chi connectivity index (χ1n) is 15.3. The van der Waals surface area contributed by atoms with Crippen molar-refractivity contribution in [2.75, 3.05) is 23.9 Å². The summed E-state index contributed by atoms with van der Waals surface area (Å²) in [5.74, 6) is -4.27. The number of para-hydroxylation sites is 1. The van der Waals surface area contributed by atoms with E-state index in [2.05, 4.69) is 10.6 Å². The van der Waals surface area contributed by atoms with Gasteiger partial charge in [0.2, 0.25) is 11.8 Å². The van der Waals surface area contributed by atoms with Gasteiger partial charge in [-0.2, -0.15) is 0 Å². The summed E-state index contributed by atoms with van der Waals surface area (Å²) < 4.78 is 18.9. The first-order chi connectivity index (χ1) is 24.1. The fraction of sp³-hybridized carbons (Fsp3) is 0.194. The van der Waals surface area contributed by atoms with E-state index >= 15 is 0 Å². The summed E-state index contributed by atoms with van der Waals surface area (Å²) in [7, 11) is 0. The Hall–Kier alpha value is -5.73. The maximum Gasteiger partial charge on any atom is 0.328 e. The fourth-order valence-electron chi connectivity index (χ4n) is 5.29. The molecule has 1 saturated heterocycles. The zero-order chi connectivity index (χ0) is 35.8. The lowest BCUT2D eigenvalue weighted by atomic mass is 9.91. The van der Waals surface area contributed by atoms with Crippen LogP contribution in [0.15, 0.2) is 103 Å². The average Bonchev–Trinajstić information content (AvgIpc) is 3.12. The SMILES string of the molecule is O=C(COc1ccc([C@@H]2[C@@H](SCC(=O)c3ccc(F)cc3)C(=O)N2c2ccccc2)c(O)c1)N[C@@H](C(=O)N[C@H](CO)C(=O)O)c1ccccc1. The van der Waals surface area contributed by atoms with Crippen molar-refractivity contribution in [2.45, 2.75) is 23.4 Å². The maximum atomic E-state index is 13.4. The number of amides is 3. The number of halogens is 1. The number of carbonyl (C=O) groups is 5. The van der Waals surface area contributed by atoms with Crippen LogP contribution in [0.2, 0.25) is 0 Å². The molecule has 1 fully saturated rings. The van der Waals surface area contributed by atoms with Crippen molar-refractivity contribution in [1.29, 1.82) is 0 Å². The van der Waals surface area contributed by atoms with Crippen molar-refractivity contribution >= 4 is 46.9 Å². The van der Waals surface area contributed by atoms with Crippen molar-refractivity contribution in [3.8, 4) is 11.5 Å². The molecule has 5 N–H and O–H groups in total. The number of aromatic hydroxyl groups is 1. The number of nitrogens with zero attached hydrogens (tertiary/aromatic N) is 1. The van der Waals surface area contributed by atoms with Crippen molar-refractivity contribution in [3.63, 3.8) is 0 Å². The minimum Gasteiger partial charge on any atom is -0.507 e. The smallest absolute Gasteiger partial charge is 0.328 e. The van der Waals surface area contributed by atoms with Crippen LogP contribution in [0.5, 0.6) is 11.5 Å². The minimum absolute atomic E-state index is 0.0583. The number of phenols is 1. The molecule has 12 nitrogen and oxygen atoms in total. The summed E-state index contributed by atoms with van der Waals surface area (Å²) in [6, 6.07) is 22.8. The Balaban J connectivity index is 1.28. The maximum absolute atomic E-state index is 13.4. The molecular weight excluding hydrogens is 669 g/mol. The van der Waals surface area contributed by atoms with E-state index in [9.17, 15) is 43.7 Å². The molecule has 14 heteroatoms. The summed E-state index contributed by atoms with van der Waals surface area (Å²) in [6.45, 7) is -1.44. The van der Waals surface area contributed by atoms with Crippen LogP contribution in [0, 0.1) is 5.82 Å². The van der Waals surface area contributed by atoms with Gasteiger partial charge in [0.1, 0.15) is 34.6 Å². The molecule has 1 aliphatic rings. The number of β-lactam (4-membered cyclic amide) rings is 1. The van der Waals surface area contributed by atoms with Crippen LogP contribution in [0.4, 0.5) is 10.1 Å². The highest BCUT2D eigenvalue weighted by Gasteiger charge is 2.50. The summed E-state index contributed by atoms with van der Waals surface area (Å²) in [5.41, 5.74) is 1.62. The number of aliphatic carboxylic acids is 1. The second-order valence-electron chi connectivity index (χ2n) is 11.2. The average molecular weight is 702 g/mol. The number of hydrogen-bond donors (Lipinski definition) is 5. The lowest BCUT2D eigenvalue weighted by molar-refractivity contribution is -0.143. The van der Waals surface area contributed by atoms with E-state index in [1.54, 1.807) is 66.7 Å². The third kappa shape index (κ3) is 8.28. The number of hydrogen-bond acceptors (Lipinski definition) is 9. The Morgan fingerprint density at radius 3 is 2.18 bits per heavy atom. The Morgan fingerprint density at radius 2 is 1.56 bits per heavy atom. The van der Waals surface area contributed by atoms with Crippen LogP contribution in [0.3, 0.4) is 0 Å². The number of ketones is 1. The molecule has 1 aliphatic heterocycles. The molecule has 0 aromatic heterocycles. The van der Waals surface area contributed by atoms with Gasteiger partial charge in [0.05, 0.1) is 18.4 Å². The largest absolute Gasteiger partial charge is 0.507 e. The number of Topliss-reactive ketones (excluding diaryl/α,β-unsaturated/α-hetero) is 1. The summed E-state index contributed by atoms with van der Waals surface area (Å²) >= 11 is 1.11. The Labute approximate surface area is 289 Å². The molecule has 5 rings (SSSR count). The minimum atomic E-state index is -1.58. The van der Waals surface area contributed by atoms with Crippen molar-refractivity contribution < 1.29 is 48.4 Å². The molecule has 0 spiro atoms. The normalized spacial score (nSPS) is 16.4. The number of carbonyl (C=O) groups excluding carboxylic acids is 4. The first-order valence-corrected chi connectivity index (χ1v) is 16.3. The highest BCUT2D eigenvalue weighted by molar-refractivity contribution is 8.01. The highest BCUT2D eigenvalue weighted by atomic mass is 32.2. The molecule has 4 aromatic rings. The number of ether oxygens (including phenoxy) is 1. The molecule has 50 heavy (non-hydrogen) atoms. The van der Waals surface area contributed by atoms with E-state index in [-0.39, 0.29) is 28.9 Å². The van der Waals surface area contributed by atoms with E-state index in [0.29, 0.717) is 22.4 Å².